The van der Waals surface area contributed by atoms with Crippen molar-refractivity contribution >= 4 is 5.78 Å². The first kappa shape index (κ1) is 9.46. The molecule has 2 rings (SSSR count). The standard InChI is InChI=1S/C13H10O2/c14-12-8-4-7-11(9-12)13(15)10-5-2-1-3-6-10/h1-9,14H/p-1. The fourth-order valence-corrected chi connectivity index (χ4v) is 1.39. The molecule has 0 heterocycles. The Morgan fingerprint density at radius 1 is 0.867 bits per heavy atom. The summed E-state index contributed by atoms with van der Waals surface area (Å²) in [7, 11) is 0. The molecule has 0 aliphatic heterocycles. The van der Waals surface area contributed by atoms with Gasteiger partial charge in [0.15, 0.2) is 5.78 Å². The van der Waals surface area contributed by atoms with Crippen LogP contribution in [0, 0.1) is 0 Å². The lowest BCUT2D eigenvalue weighted by atomic mass is 10.0. The van der Waals surface area contributed by atoms with E-state index in [0.717, 1.165) is 0 Å². The van der Waals surface area contributed by atoms with Gasteiger partial charge in [-0.15, -0.1) is 5.75 Å². The Bertz CT molecular complexity index is 475. The molecule has 2 nitrogen and oxygen atoms in total. The Morgan fingerprint density at radius 3 is 2.20 bits per heavy atom. The third kappa shape index (κ3) is 2.05. The molecule has 0 N–H and O–H groups in total. The van der Waals surface area contributed by atoms with Gasteiger partial charge < -0.3 is 5.11 Å². The van der Waals surface area contributed by atoms with Crippen LogP contribution in [-0.2, 0) is 0 Å². The Labute approximate surface area is 87.8 Å². The largest absolute Gasteiger partial charge is 0.872 e. The molecule has 2 aromatic carbocycles. The summed E-state index contributed by atoms with van der Waals surface area (Å²) in [4.78, 5) is 11.9. The van der Waals surface area contributed by atoms with Crippen molar-refractivity contribution in [1.82, 2.24) is 0 Å². The molecular formula is C13H9O2-. The summed E-state index contributed by atoms with van der Waals surface area (Å²) in [5.74, 6) is -0.259. The summed E-state index contributed by atoms with van der Waals surface area (Å²) in [6, 6.07) is 15.0. The molecule has 2 heteroatoms. The van der Waals surface area contributed by atoms with Crippen molar-refractivity contribution in [3.05, 3.63) is 65.7 Å². The monoisotopic (exact) mass is 197 g/mol. The number of hydrogen-bond donors (Lipinski definition) is 0. The van der Waals surface area contributed by atoms with Crippen molar-refractivity contribution in [3.8, 4) is 5.75 Å². The summed E-state index contributed by atoms with van der Waals surface area (Å²) in [6.45, 7) is 0. The molecule has 0 radical (unpaired) electrons. The second-order valence-corrected chi connectivity index (χ2v) is 3.22. The Hall–Kier alpha value is -2.09. The summed E-state index contributed by atoms with van der Waals surface area (Å²) < 4.78 is 0. The number of ketones is 1. The molecule has 0 saturated heterocycles. The lowest BCUT2D eigenvalue weighted by Crippen LogP contribution is -2.01. The van der Waals surface area contributed by atoms with Gasteiger partial charge in [0.25, 0.3) is 0 Å². The van der Waals surface area contributed by atoms with Gasteiger partial charge in [0.05, 0.1) is 0 Å². The van der Waals surface area contributed by atoms with Crippen molar-refractivity contribution in [3.63, 3.8) is 0 Å². The maximum Gasteiger partial charge on any atom is 0.192 e. The average Bonchev–Trinajstić information content (AvgIpc) is 2.29. The van der Waals surface area contributed by atoms with Crippen molar-refractivity contribution in [2.24, 2.45) is 0 Å². The molecule has 0 aliphatic carbocycles. The zero-order chi connectivity index (χ0) is 10.7. The first-order valence-electron chi connectivity index (χ1n) is 4.64. The van der Waals surface area contributed by atoms with Gasteiger partial charge >= 0.3 is 0 Å². The van der Waals surface area contributed by atoms with Crippen LogP contribution in [0.25, 0.3) is 0 Å². The summed E-state index contributed by atoms with van der Waals surface area (Å²) in [5, 5.41) is 11.1. The highest BCUT2D eigenvalue weighted by Crippen LogP contribution is 2.13. The normalized spacial score (nSPS) is 9.87. The molecule has 74 valence electrons. The van der Waals surface area contributed by atoms with Gasteiger partial charge in [-0.25, -0.2) is 0 Å². The highest BCUT2D eigenvalue weighted by atomic mass is 16.3. The minimum Gasteiger partial charge on any atom is -0.872 e. The van der Waals surface area contributed by atoms with Crippen LogP contribution in [0.15, 0.2) is 54.6 Å². The molecule has 0 amide bonds. The van der Waals surface area contributed by atoms with E-state index in [1.807, 2.05) is 6.07 Å². The van der Waals surface area contributed by atoms with Gasteiger partial charge in [-0.05, 0) is 0 Å². The summed E-state index contributed by atoms with van der Waals surface area (Å²) in [5.41, 5.74) is 1.04. The molecule has 0 aliphatic rings. The van der Waals surface area contributed by atoms with E-state index in [1.54, 1.807) is 36.4 Å². The smallest absolute Gasteiger partial charge is 0.192 e. The van der Waals surface area contributed by atoms with Crippen molar-refractivity contribution in [1.29, 1.82) is 0 Å². The van der Waals surface area contributed by atoms with E-state index in [2.05, 4.69) is 0 Å². The topological polar surface area (TPSA) is 40.1 Å². The zero-order valence-electron chi connectivity index (χ0n) is 8.01. The molecule has 0 aromatic heterocycles. The van der Waals surface area contributed by atoms with Crippen molar-refractivity contribution in [2.45, 2.75) is 0 Å². The van der Waals surface area contributed by atoms with E-state index in [-0.39, 0.29) is 11.5 Å². The Morgan fingerprint density at radius 2 is 1.53 bits per heavy atom. The molecule has 0 bridgehead atoms. The van der Waals surface area contributed by atoms with E-state index >= 15 is 0 Å². The predicted molar refractivity (Wildman–Crippen MR) is 55.8 cm³/mol. The summed E-state index contributed by atoms with van der Waals surface area (Å²) >= 11 is 0. The van der Waals surface area contributed by atoms with Gasteiger partial charge in [0.2, 0.25) is 0 Å². The van der Waals surface area contributed by atoms with Crippen LogP contribution < -0.4 is 5.11 Å². The van der Waals surface area contributed by atoms with E-state index < -0.39 is 0 Å². The third-order valence-corrected chi connectivity index (χ3v) is 2.13. The van der Waals surface area contributed by atoms with Crippen LogP contribution in [0.2, 0.25) is 0 Å². The van der Waals surface area contributed by atoms with Crippen LogP contribution in [0.3, 0.4) is 0 Å². The molecule has 0 saturated carbocycles. The van der Waals surface area contributed by atoms with Crippen LogP contribution in [0.5, 0.6) is 5.75 Å². The number of benzene rings is 2. The van der Waals surface area contributed by atoms with Gasteiger partial charge in [-0.1, -0.05) is 54.6 Å². The molecule has 0 unspecified atom stereocenters. The van der Waals surface area contributed by atoms with E-state index in [0.29, 0.717) is 11.1 Å². The molecular weight excluding hydrogens is 188 g/mol. The molecule has 0 atom stereocenters. The van der Waals surface area contributed by atoms with E-state index in [9.17, 15) is 9.90 Å². The van der Waals surface area contributed by atoms with Crippen LogP contribution >= 0.6 is 0 Å². The van der Waals surface area contributed by atoms with Gasteiger partial charge in [-0.3, -0.25) is 4.79 Å². The predicted octanol–water partition coefficient (Wildman–Crippen LogP) is 1.99. The number of carbonyl (C=O) groups is 1. The second-order valence-electron chi connectivity index (χ2n) is 3.22. The minimum absolute atomic E-state index is 0.117. The lowest BCUT2D eigenvalue weighted by Gasteiger charge is -2.06. The Kier molecular flexibility index (Phi) is 2.50. The van der Waals surface area contributed by atoms with E-state index in [1.165, 1.54) is 12.1 Å². The summed E-state index contributed by atoms with van der Waals surface area (Å²) in [6.07, 6.45) is 0. The fourth-order valence-electron chi connectivity index (χ4n) is 1.39. The van der Waals surface area contributed by atoms with Crippen LogP contribution in [-0.4, -0.2) is 5.78 Å². The fraction of sp³-hybridized carbons (Fsp3) is 0. The first-order chi connectivity index (χ1) is 7.27. The minimum atomic E-state index is -0.142. The maximum atomic E-state index is 11.9. The van der Waals surface area contributed by atoms with Crippen molar-refractivity contribution in [2.75, 3.05) is 0 Å². The molecule has 2 aromatic rings. The zero-order valence-corrected chi connectivity index (χ0v) is 8.01. The number of rotatable bonds is 2. The SMILES string of the molecule is O=C(c1ccccc1)c1cccc([O-])c1. The van der Waals surface area contributed by atoms with Gasteiger partial charge in [-0.2, -0.15) is 0 Å². The van der Waals surface area contributed by atoms with E-state index in [4.69, 9.17) is 0 Å². The second kappa shape index (κ2) is 3.96. The third-order valence-electron chi connectivity index (χ3n) is 2.13. The van der Waals surface area contributed by atoms with Gasteiger partial charge in [0, 0.05) is 11.1 Å². The molecule has 0 spiro atoms. The average molecular weight is 197 g/mol. The van der Waals surface area contributed by atoms with Crippen LogP contribution in [0.4, 0.5) is 0 Å². The molecule has 15 heavy (non-hydrogen) atoms. The number of hydrogen-bond acceptors (Lipinski definition) is 2. The maximum absolute atomic E-state index is 11.9. The number of carbonyl (C=O) groups excluding carboxylic acids is 1. The van der Waals surface area contributed by atoms with Crippen molar-refractivity contribution < 1.29 is 9.90 Å². The molecule has 0 fully saturated rings. The lowest BCUT2D eigenvalue weighted by molar-refractivity contribution is -0.268. The van der Waals surface area contributed by atoms with Gasteiger partial charge in [0.1, 0.15) is 0 Å². The highest BCUT2D eigenvalue weighted by Gasteiger charge is 2.06. The quantitative estimate of drug-likeness (QED) is 0.691. The van der Waals surface area contributed by atoms with Crippen LogP contribution in [0.1, 0.15) is 15.9 Å². The highest BCUT2D eigenvalue weighted by molar-refractivity contribution is 6.09. The Balaban J connectivity index is 2.37. The first-order valence-corrected chi connectivity index (χ1v) is 4.64.